The van der Waals surface area contributed by atoms with E-state index in [1.807, 2.05) is 18.2 Å². The number of rotatable bonds is 8. The number of amides is 2. The fourth-order valence-electron chi connectivity index (χ4n) is 3.82. The van der Waals surface area contributed by atoms with E-state index in [0.29, 0.717) is 44.2 Å². The molecule has 0 unspecified atom stereocenters. The van der Waals surface area contributed by atoms with E-state index in [2.05, 4.69) is 5.32 Å². The Morgan fingerprint density at radius 1 is 1.09 bits per heavy atom. The molecule has 1 saturated heterocycles. The fraction of sp³-hybridized carbons (Fsp3) is 0.458. The second-order valence-electron chi connectivity index (χ2n) is 7.99. The van der Waals surface area contributed by atoms with Crippen LogP contribution in [0.15, 0.2) is 41.5 Å². The van der Waals surface area contributed by atoms with Crippen LogP contribution < -0.4 is 10.7 Å². The van der Waals surface area contributed by atoms with E-state index in [4.69, 9.17) is 16.3 Å². The number of methoxy groups -OCH3 is 1. The summed E-state index contributed by atoms with van der Waals surface area (Å²) < 4.78 is 6.81. The Balaban J connectivity index is 1.80. The maximum atomic E-state index is 13.1. The van der Waals surface area contributed by atoms with Gasteiger partial charge in [-0.15, -0.1) is 0 Å². The molecule has 172 valence electrons. The molecule has 8 heteroatoms. The highest BCUT2D eigenvalue weighted by Crippen LogP contribution is 2.13. The van der Waals surface area contributed by atoms with Crippen molar-refractivity contribution in [2.45, 2.75) is 38.6 Å². The second-order valence-corrected chi connectivity index (χ2v) is 8.42. The normalized spacial score (nSPS) is 14.1. The Morgan fingerprint density at radius 2 is 1.81 bits per heavy atom. The average Bonchev–Trinajstić information content (AvgIpc) is 3.07. The maximum Gasteiger partial charge on any atom is 0.259 e. The van der Waals surface area contributed by atoms with Gasteiger partial charge >= 0.3 is 0 Å². The van der Waals surface area contributed by atoms with Crippen molar-refractivity contribution < 1.29 is 14.3 Å². The summed E-state index contributed by atoms with van der Waals surface area (Å²) in [5.41, 5.74) is 0.451. The number of ether oxygens (including phenoxy) is 1. The molecule has 32 heavy (non-hydrogen) atoms. The molecule has 0 radical (unpaired) electrons. The molecule has 1 aromatic heterocycles. The summed E-state index contributed by atoms with van der Waals surface area (Å²) in [6, 6.07) is 7.41. The quantitative estimate of drug-likeness (QED) is 0.657. The molecule has 2 heterocycles. The number of likely N-dealkylation sites (tertiary alicyclic amines) is 1. The van der Waals surface area contributed by atoms with Crippen LogP contribution in [0.1, 0.15) is 52.0 Å². The zero-order valence-electron chi connectivity index (χ0n) is 18.4. The minimum atomic E-state index is -0.534. The highest BCUT2D eigenvalue weighted by Gasteiger charge is 2.24. The van der Waals surface area contributed by atoms with Gasteiger partial charge in [0.05, 0.1) is 6.61 Å². The smallest absolute Gasteiger partial charge is 0.259 e. The van der Waals surface area contributed by atoms with Gasteiger partial charge in [0.25, 0.3) is 11.8 Å². The Bertz CT molecular complexity index is 997. The van der Waals surface area contributed by atoms with Gasteiger partial charge in [-0.2, -0.15) is 0 Å². The first-order chi connectivity index (χ1) is 15.5. The third kappa shape index (κ3) is 6.43. The van der Waals surface area contributed by atoms with Crippen molar-refractivity contribution in [2.75, 3.05) is 33.4 Å². The number of hydrogen-bond acceptors (Lipinski definition) is 4. The molecule has 7 nitrogen and oxygen atoms in total. The van der Waals surface area contributed by atoms with Crippen LogP contribution >= 0.6 is 11.6 Å². The predicted octanol–water partition coefficient (Wildman–Crippen LogP) is 3.14. The van der Waals surface area contributed by atoms with Crippen molar-refractivity contribution in [3.8, 4) is 0 Å². The van der Waals surface area contributed by atoms with Crippen LogP contribution in [0.4, 0.5) is 0 Å². The molecule has 1 aromatic carbocycles. The highest BCUT2D eigenvalue weighted by molar-refractivity contribution is 6.30. The minimum Gasteiger partial charge on any atom is -0.383 e. The Kier molecular flexibility index (Phi) is 8.88. The van der Waals surface area contributed by atoms with Gasteiger partial charge in [0.15, 0.2) is 0 Å². The molecule has 0 aliphatic carbocycles. The largest absolute Gasteiger partial charge is 0.383 e. The summed E-state index contributed by atoms with van der Waals surface area (Å²) >= 11 is 6.01. The van der Waals surface area contributed by atoms with Crippen LogP contribution in [0.25, 0.3) is 0 Å². The molecule has 2 amide bonds. The van der Waals surface area contributed by atoms with Crippen LogP contribution in [0, 0.1) is 0 Å². The molecular weight excluding hydrogens is 430 g/mol. The minimum absolute atomic E-state index is 0.0329. The lowest BCUT2D eigenvalue weighted by molar-refractivity contribution is 0.0759. The molecule has 1 aliphatic rings. The number of halogens is 1. The standard InChI is InChI=1S/C24H30ClN3O4/c1-32-14-13-27-16-20(23(30)26-10-9-18-7-6-8-19(25)15-18)22(29)21(17-27)24(31)28-11-4-2-3-5-12-28/h6-8,15-17H,2-5,9-14H2,1H3,(H,26,30). The van der Waals surface area contributed by atoms with E-state index < -0.39 is 11.3 Å². The van der Waals surface area contributed by atoms with Crippen molar-refractivity contribution in [3.63, 3.8) is 0 Å². The van der Waals surface area contributed by atoms with Crippen molar-refractivity contribution in [3.05, 3.63) is 68.6 Å². The zero-order valence-corrected chi connectivity index (χ0v) is 19.2. The van der Waals surface area contributed by atoms with Crippen LogP contribution in [-0.4, -0.2) is 54.6 Å². The maximum absolute atomic E-state index is 13.1. The van der Waals surface area contributed by atoms with Gasteiger partial charge in [0.2, 0.25) is 5.43 Å². The third-order valence-electron chi connectivity index (χ3n) is 5.59. The molecule has 0 bridgehead atoms. The highest BCUT2D eigenvalue weighted by atomic mass is 35.5. The van der Waals surface area contributed by atoms with Gasteiger partial charge in [-0.3, -0.25) is 14.4 Å². The SMILES string of the molecule is COCCn1cc(C(=O)NCCc2cccc(Cl)c2)c(=O)c(C(=O)N2CCCCCC2)c1. The van der Waals surface area contributed by atoms with E-state index in [1.165, 1.54) is 12.4 Å². The lowest BCUT2D eigenvalue weighted by atomic mass is 10.1. The first-order valence-electron chi connectivity index (χ1n) is 11.0. The summed E-state index contributed by atoms with van der Waals surface area (Å²) in [7, 11) is 1.58. The number of hydrogen-bond donors (Lipinski definition) is 1. The molecule has 3 rings (SSSR count). The van der Waals surface area contributed by atoms with Gasteiger partial charge in [-0.1, -0.05) is 36.6 Å². The third-order valence-corrected chi connectivity index (χ3v) is 5.82. The summed E-state index contributed by atoms with van der Waals surface area (Å²) in [5.74, 6) is -0.801. The predicted molar refractivity (Wildman–Crippen MR) is 124 cm³/mol. The number of nitrogens with zero attached hydrogens (tertiary/aromatic N) is 2. The van der Waals surface area contributed by atoms with E-state index in [-0.39, 0.29) is 17.0 Å². The van der Waals surface area contributed by atoms with Crippen molar-refractivity contribution in [1.82, 2.24) is 14.8 Å². The van der Waals surface area contributed by atoms with E-state index >= 15 is 0 Å². The van der Waals surface area contributed by atoms with Crippen LogP contribution in [0.2, 0.25) is 5.02 Å². The van der Waals surface area contributed by atoms with Crippen molar-refractivity contribution >= 4 is 23.4 Å². The number of benzene rings is 1. The van der Waals surface area contributed by atoms with Crippen LogP contribution in [-0.2, 0) is 17.7 Å². The molecule has 0 spiro atoms. The summed E-state index contributed by atoms with van der Waals surface area (Å²) in [5, 5.41) is 3.43. The zero-order chi connectivity index (χ0) is 22.9. The van der Waals surface area contributed by atoms with Crippen molar-refractivity contribution in [2.24, 2.45) is 0 Å². The van der Waals surface area contributed by atoms with Crippen LogP contribution in [0.5, 0.6) is 0 Å². The van der Waals surface area contributed by atoms with Gasteiger partial charge in [0, 0.05) is 50.7 Å². The van der Waals surface area contributed by atoms with Gasteiger partial charge < -0.3 is 19.5 Å². The summed E-state index contributed by atoms with van der Waals surface area (Å²) in [6.07, 6.45) is 7.62. The number of carbonyl (C=O) groups excluding carboxylic acids is 2. The molecule has 0 atom stereocenters. The second kappa shape index (κ2) is 11.8. The van der Waals surface area contributed by atoms with Gasteiger partial charge in [-0.25, -0.2) is 0 Å². The Morgan fingerprint density at radius 3 is 2.50 bits per heavy atom. The monoisotopic (exact) mass is 459 g/mol. The Hall–Kier alpha value is -2.64. The number of aromatic nitrogens is 1. The van der Waals surface area contributed by atoms with Crippen LogP contribution in [0.3, 0.4) is 0 Å². The first-order valence-corrected chi connectivity index (χ1v) is 11.4. The summed E-state index contributed by atoms with van der Waals surface area (Å²) in [6.45, 7) is 2.44. The number of nitrogens with one attached hydrogen (secondary N) is 1. The lowest BCUT2D eigenvalue weighted by Gasteiger charge is -2.21. The lowest BCUT2D eigenvalue weighted by Crippen LogP contribution is -2.38. The molecule has 1 fully saturated rings. The fourth-order valence-corrected chi connectivity index (χ4v) is 4.04. The van der Waals surface area contributed by atoms with E-state index in [1.54, 1.807) is 22.6 Å². The molecule has 1 N–H and O–H groups in total. The molecule has 0 saturated carbocycles. The average molecular weight is 460 g/mol. The van der Waals surface area contributed by atoms with Crippen molar-refractivity contribution in [1.29, 1.82) is 0 Å². The van der Waals surface area contributed by atoms with Gasteiger partial charge in [-0.05, 0) is 37.0 Å². The summed E-state index contributed by atoms with van der Waals surface area (Å²) in [4.78, 5) is 40.8. The Labute approximate surface area is 193 Å². The molecule has 2 aromatic rings. The number of carbonyl (C=O) groups is 2. The van der Waals surface area contributed by atoms with E-state index in [9.17, 15) is 14.4 Å². The van der Waals surface area contributed by atoms with E-state index in [0.717, 1.165) is 31.2 Å². The number of pyridine rings is 1. The molecular formula is C24H30ClN3O4. The first kappa shape index (κ1) is 24.0. The molecule has 1 aliphatic heterocycles. The van der Waals surface area contributed by atoms with Gasteiger partial charge in [0.1, 0.15) is 11.1 Å². The topological polar surface area (TPSA) is 80.6 Å².